The molecule has 3 N–H and O–H groups in total. The minimum absolute atomic E-state index is 0.244. The predicted molar refractivity (Wildman–Crippen MR) is 67.4 cm³/mol. The third-order valence-electron chi connectivity index (χ3n) is 2.18. The first-order valence-electron chi connectivity index (χ1n) is 5.68. The Kier molecular flexibility index (Phi) is 3.85. The summed E-state index contributed by atoms with van der Waals surface area (Å²) in [7, 11) is 0. The lowest BCUT2D eigenvalue weighted by atomic mass is 10.3. The smallest absolute Gasteiger partial charge is 0.278 e. The van der Waals surface area contributed by atoms with Gasteiger partial charge in [-0.2, -0.15) is 0 Å². The van der Waals surface area contributed by atoms with Crippen LogP contribution in [0.15, 0.2) is 24.5 Å². The first-order chi connectivity index (χ1) is 8.79. The molecule has 0 unspecified atom stereocenters. The van der Waals surface area contributed by atoms with Gasteiger partial charge in [-0.15, -0.1) is 10.2 Å². The van der Waals surface area contributed by atoms with Crippen LogP contribution < -0.4 is 10.6 Å². The number of hydrogen-bond donors (Lipinski definition) is 3. The Morgan fingerprint density at radius 1 is 1.39 bits per heavy atom. The molecule has 0 aliphatic heterocycles. The van der Waals surface area contributed by atoms with Crippen molar-refractivity contribution < 1.29 is 4.79 Å². The molecule has 0 saturated heterocycles. The Morgan fingerprint density at radius 2 is 2.28 bits per heavy atom. The molecule has 0 aliphatic carbocycles. The summed E-state index contributed by atoms with van der Waals surface area (Å²) in [6.45, 7) is 2.89. The number of H-pyrrole nitrogens is 1. The van der Waals surface area contributed by atoms with Crippen molar-refractivity contribution in [2.75, 3.05) is 17.2 Å². The molecule has 0 atom stereocenters. The van der Waals surface area contributed by atoms with Gasteiger partial charge in [-0.25, -0.2) is 4.98 Å². The van der Waals surface area contributed by atoms with Gasteiger partial charge < -0.3 is 10.3 Å². The van der Waals surface area contributed by atoms with Gasteiger partial charge in [0, 0.05) is 18.9 Å². The van der Waals surface area contributed by atoms with Gasteiger partial charge in [0.1, 0.15) is 5.82 Å². The van der Waals surface area contributed by atoms with Crippen molar-refractivity contribution in [3.8, 4) is 0 Å². The highest BCUT2D eigenvalue weighted by atomic mass is 16.2. The molecule has 7 nitrogen and oxygen atoms in total. The SMILES string of the molecule is CCCNc1ccc(C(=O)Nc2ncc[nH]2)nn1. The molecule has 18 heavy (non-hydrogen) atoms. The Labute approximate surface area is 104 Å². The van der Waals surface area contributed by atoms with Crippen LogP contribution in [0, 0.1) is 0 Å². The molecule has 0 aromatic carbocycles. The van der Waals surface area contributed by atoms with Gasteiger partial charge in [-0.3, -0.25) is 10.1 Å². The zero-order chi connectivity index (χ0) is 12.8. The number of hydrogen-bond acceptors (Lipinski definition) is 5. The average Bonchev–Trinajstić information content (AvgIpc) is 2.89. The average molecular weight is 246 g/mol. The molecule has 7 heteroatoms. The van der Waals surface area contributed by atoms with E-state index in [4.69, 9.17) is 0 Å². The zero-order valence-electron chi connectivity index (χ0n) is 9.97. The fraction of sp³-hybridized carbons (Fsp3) is 0.273. The Morgan fingerprint density at radius 3 is 2.89 bits per heavy atom. The lowest BCUT2D eigenvalue weighted by Crippen LogP contribution is -2.15. The summed E-state index contributed by atoms with van der Waals surface area (Å²) < 4.78 is 0. The normalized spacial score (nSPS) is 10.1. The van der Waals surface area contributed by atoms with E-state index in [1.165, 1.54) is 0 Å². The molecule has 0 spiro atoms. The van der Waals surface area contributed by atoms with Crippen LogP contribution >= 0.6 is 0 Å². The summed E-state index contributed by atoms with van der Waals surface area (Å²) in [5, 5.41) is 13.4. The predicted octanol–water partition coefficient (Wildman–Crippen LogP) is 1.27. The molecular weight excluding hydrogens is 232 g/mol. The first-order valence-corrected chi connectivity index (χ1v) is 5.68. The number of aromatic amines is 1. The summed E-state index contributed by atoms with van der Waals surface area (Å²) >= 11 is 0. The van der Waals surface area contributed by atoms with E-state index in [1.54, 1.807) is 24.5 Å². The summed E-state index contributed by atoms with van der Waals surface area (Å²) in [4.78, 5) is 18.4. The van der Waals surface area contributed by atoms with E-state index >= 15 is 0 Å². The maximum atomic E-state index is 11.7. The highest BCUT2D eigenvalue weighted by Crippen LogP contribution is 2.04. The lowest BCUT2D eigenvalue weighted by Gasteiger charge is -2.03. The molecule has 2 rings (SSSR count). The van der Waals surface area contributed by atoms with Crippen molar-refractivity contribution in [2.45, 2.75) is 13.3 Å². The van der Waals surface area contributed by atoms with E-state index in [9.17, 15) is 4.79 Å². The van der Waals surface area contributed by atoms with Crippen molar-refractivity contribution in [1.82, 2.24) is 20.2 Å². The van der Waals surface area contributed by atoms with E-state index < -0.39 is 0 Å². The van der Waals surface area contributed by atoms with Crippen LogP contribution in [0.25, 0.3) is 0 Å². The summed E-state index contributed by atoms with van der Waals surface area (Å²) in [6, 6.07) is 3.34. The van der Waals surface area contributed by atoms with Gasteiger partial charge in [0.05, 0.1) is 0 Å². The second kappa shape index (κ2) is 5.76. The number of rotatable bonds is 5. The largest absolute Gasteiger partial charge is 0.369 e. The third kappa shape index (κ3) is 3.03. The second-order valence-electron chi connectivity index (χ2n) is 3.62. The molecule has 1 amide bonds. The van der Waals surface area contributed by atoms with Crippen molar-refractivity contribution in [3.63, 3.8) is 0 Å². The lowest BCUT2D eigenvalue weighted by molar-refractivity contribution is 0.102. The fourth-order valence-corrected chi connectivity index (χ4v) is 1.31. The Bertz CT molecular complexity index is 493. The number of carbonyl (C=O) groups excluding carboxylic acids is 1. The van der Waals surface area contributed by atoms with Gasteiger partial charge in [-0.05, 0) is 18.6 Å². The molecular formula is C11H14N6O. The standard InChI is InChI=1S/C11H14N6O/c1-2-5-12-9-4-3-8(16-17-9)10(18)15-11-13-6-7-14-11/h3-4,6-7H,2,5H2,1H3,(H,12,17)(H2,13,14,15,18). The highest BCUT2D eigenvalue weighted by molar-refractivity contribution is 6.01. The molecule has 2 aromatic rings. The molecule has 0 bridgehead atoms. The van der Waals surface area contributed by atoms with Gasteiger partial charge >= 0.3 is 0 Å². The van der Waals surface area contributed by atoms with Crippen LogP contribution in [-0.2, 0) is 0 Å². The molecule has 94 valence electrons. The molecule has 2 aromatic heterocycles. The maximum Gasteiger partial charge on any atom is 0.278 e. The van der Waals surface area contributed by atoms with Gasteiger partial charge in [0.2, 0.25) is 5.95 Å². The zero-order valence-corrected chi connectivity index (χ0v) is 9.97. The van der Waals surface area contributed by atoms with Crippen LogP contribution in [0.3, 0.4) is 0 Å². The molecule has 0 aliphatic rings. The molecule has 0 fully saturated rings. The summed E-state index contributed by atoms with van der Waals surface area (Å²) in [6.07, 6.45) is 4.18. The third-order valence-corrected chi connectivity index (χ3v) is 2.18. The quantitative estimate of drug-likeness (QED) is 0.738. The summed E-state index contributed by atoms with van der Waals surface area (Å²) in [5.74, 6) is 0.695. The van der Waals surface area contributed by atoms with Crippen LogP contribution in [0.4, 0.5) is 11.8 Å². The number of aromatic nitrogens is 4. The van der Waals surface area contributed by atoms with Gasteiger partial charge in [0.25, 0.3) is 5.91 Å². The molecule has 2 heterocycles. The number of carbonyl (C=O) groups is 1. The van der Waals surface area contributed by atoms with E-state index in [0.29, 0.717) is 11.8 Å². The minimum atomic E-state index is -0.348. The Hall–Kier alpha value is -2.44. The number of nitrogens with zero attached hydrogens (tertiary/aromatic N) is 3. The number of imidazole rings is 1. The van der Waals surface area contributed by atoms with Crippen LogP contribution in [0.5, 0.6) is 0 Å². The van der Waals surface area contributed by atoms with E-state index in [1.807, 2.05) is 0 Å². The van der Waals surface area contributed by atoms with E-state index in [0.717, 1.165) is 13.0 Å². The van der Waals surface area contributed by atoms with Crippen molar-refractivity contribution in [3.05, 3.63) is 30.2 Å². The van der Waals surface area contributed by atoms with Crippen molar-refractivity contribution in [1.29, 1.82) is 0 Å². The van der Waals surface area contributed by atoms with Crippen LogP contribution in [-0.4, -0.2) is 32.6 Å². The fourth-order valence-electron chi connectivity index (χ4n) is 1.31. The topological polar surface area (TPSA) is 95.6 Å². The number of amides is 1. The van der Waals surface area contributed by atoms with Gasteiger partial charge in [0.15, 0.2) is 5.69 Å². The van der Waals surface area contributed by atoms with E-state index in [2.05, 4.69) is 37.7 Å². The highest BCUT2D eigenvalue weighted by Gasteiger charge is 2.09. The minimum Gasteiger partial charge on any atom is -0.369 e. The summed E-state index contributed by atoms with van der Waals surface area (Å²) in [5.41, 5.74) is 0.244. The van der Waals surface area contributed by atoms with Crippen molar-refractivity contribution >= 4 is 17.7 Å². The van der Waals surface area contributed by atoms with Crippen LogP contribution in [0.1, 0.15) is 23.8 Å². The van der Waals surface area contributed by atoms with Crippen LogP contribution in [0.2, 0.25) is 0 Å². The number of anilines is 2. The second-order valence-corrected chi connectivity index (χ2v) is 3.62. The maximum absolute atomic E-state index is 11.7. The number of nitrogens with one attached hydrogen (secondary N) is 3. The Balaban J connectivity index is 1.98. The molecule has 0 radical (unpaired) electrons. The van der Waals surface area contributed by atoms with Crippen molar-refractivity contribution in [2.24, 2.45) is 0 Å². The molecule has 0 saturated carbocycles. The van der Waals surface area contributed by atoms with E-state index in [-0.39, 0.29) is 11.6 Å². The van der Waals surface area contributed by atoms with Gasteiger partial charge in [-0.1, -0.05) is 6.92 Å². The monoisotopic (exact) mass is 246 g/mol. The first kappa shape index (κ1) is 12.0.